The van der Waals surface area contributed by atoms with Crippen molar-refractivity contribution in [2.45, 2.75) is 44.9 Å². The Kier molecular flexibility index (Phi) is 3.82. The van der Waals surface area contributed by atoms with Crippen LogP contribution in [0.5, 0.6) is 0 Å². The van der Waals surface area contributed by atoms with Gasteiger partial charge in [-0.05, 0) is 44.9 Å². The van der Waals surface area contributed by atoms with E-state index in [-0.39, 0.29) is 6.04 Å². The number of hydrogen-bond donors (Lipinski definition) is 2. The predicted molar refractivity (Wildman–Crippen MR) is 79.6 cm³/mol. The van der Waals surface area contributed by atoms with Gasteiger partial charge < -0.3 is 10.1 Å². The third kappa shape index (κ3) is 3.01. The van der Waals surface area contributed by atoms with Crippen molar-refractivity contribution in [3.8, 4) is 0 Å². The second kappa shape index (κ2) is 5.61. The van der Waals surface area contributed by atoms with E-state index in [1.807, 2.05) is 18.6 Å². The summed E-state index contributed by atoms with van der Waals surface area (Å²) in [6.45, 7) is 6.58. The summed E-state index contributed by atoms with van der Waals surface area (Å²) in [5.74, 6) is 0. The zero-order valence-electron chi connectivity index (χ0n) is 12.7. The summed E-state index contributed by atoms with van der Waals surface area (Å²) in [5.41, 5.74) is 1.04. The van der Waals surface area contributed by atoms with E-state index in [1.165, 1.54) is 5.56 Å². The van der Waals surface area contributed by atoms with E-state index in [2.05, 4.69) is 40.1 Å². The Morgan fingerprint density at radius 3 is 3.00 bits per heavy atom. The molecule has 114 valence electrons. The lowest BCUT2D eigenvalue weighted by molar-refractivity contribution is -0.0414. The van der Waals surface area contributed by atoms with Gasteiger partial charge >= 0.3 is 0 Å². The number of piperidine rings is 1. The SMILES string of the molecule is CC(C)n1cc([C@]2(O)CCCN(Cc3cc[nH]c3)C2)nn1. The highest BCUT2D eigenvalue weighted by molar-refractivity contribution is 5.12. The number of nitrogens with one attached hydrogen (secondary N) is 1. The van der Waals surface area contributed by atoms with Crippen LogP contribution in [0.25, 0.3) is 0 Å². The monoisotopic (exact) mass is 289 g/mol. The fraction of sp³-hybridized carbons (Fsp3) is 0.600. The van der Waals surface area contributed by atoms with Gasteiger partial charge in [0, 0.05) is 31.5 Å². The molecule has 0 aromatic carbocycles. The van der Waals surface area contributed by atoms with E-state index in [0.29, 0.717) is 12.2 Å². The first kappa shape index (κ1) is 14.3. The summed E-state index contributed by atoms with van der Waals surface area (Å²) in [6.07, 6.45) is 7.52. The highest BCUT2D eigenvalue weighted by atomic mass is 16.3. The fourth-order valence-corrected chi connectivity index (χ4v) is 2.92. The van der Waals surface area contributed by atoms with Crippen LogP contribution in [0, 0.1) is 0 Å². The van der Waals surface area contributed by atoms with Crippen molar-refractivity contribution < 1.29 is 5.11 Å². The molecule has 21 heavy (non-hydrogen) atoms. The van der Waals surface area contributed by atoms with Gasteiger partial charge in [0.1, 0.15) is 11.3 Å². The third-order valence-electron chi connectivity index (χ3n) is 4.13. The van der Waals surface area contributed by atoms with E-state index < -0.39 is 5.60 Å². The van der Waals surface area contributed by atoms with Gasteiger partial charge in [0.15, 0.2) is 0 Å². The number of rotatable bonds is 4. The predicted octanol–water partition coefficient (Wildman–Crippen LogP) is 1.67. The Labute approximate surface area is 124 Å². The second-order valence-corrected chi connectivity index (χ2v) is 6.24. The van der Waals surface area contributed by atoms with Crippen molar-refractivity contribution in [2.75, 3.05) is 13.1 Å². The van der Waals surface area contributed by atoms with Crippen molar-refractivity contribution >= 4 is 0 Å². The quantitative estimate of drug-likeness (QED) is 0.898. The van der Waals surface area contributed by atoms with Crippen molar-refractivity contribution in [3.63, 3.8) is 0 Å². The molecular weight excluding hydrogens is 266 g/mol. The molecule has 6 nitrogen and oxygen atoms in total. The molecular formula is C15H23N5O. The first-order chi connectivity index (χ1) is 10.1. The molecule has 3 heterocycles. The minimum atomic E-state index is -0.887. The molecule has 1 saturated heterocycles. The Morgan fingerprint density at radius 1 is 1.48 bits per heavy atom. The van der Waals surface area contributed by atoms with Crippen molar-refractivity contribution in [2.24, 2.45) is 0 Å². The molecule has 1 fully saturated rings. The largest absolute Gasteiger partial charge is 0.382 e. The van der Waals surface area contributed by atoms with Crippen LogP contribution in [0.1, 0.15) is 44.0 Å². The summed E-state index contributed by atoms with van der Waals surface area (Å²) < 4.78 is 1.80. The number of aliphatic hydroxyl groups is 1. The van der Waals surface area contributed by atoms with Crippen molar-refractivity contribution in [3.05, 3.63) is 35.9 Å². The minimum absolute atomic E-state index is 0.259. The zero-order valence-corrected chi connectivity index (χ0v) is 12.7. The number of nitrogens with zero attached hydrogens (tertiary/aromatic N) is 4. The van der Waals surface area contributed by atoms with Crippen LogP contribution in [0.15, 0.2) is 24.7 Å². The molecule has 1 atom stereocenters. The van der Waals surface area contributed by atoms with Crippen LogP contribution in [-0.2, 0) is 12.1 Å². The average molecular weight is 289 g/mol. The molecule has 1 aliphatic rings. The topological polar surface area (TPSA) is 70.0 Å². The molecule has 1 aliphatic heterocycles. The molecule has 3 rings (SSSR count). The molecule has 0 saturated carbocycles. The molecule has 0 amide bonds. The summed E-state index contributed by atoms with van der Waals surface area (Å²) in [4.78, 5) is 5.35. The molecule has 0 unspecified atom stereocenters. The van der Waals surface area contributed by atoms with Gasteiger partial charge in [0.2, 0.25) is 0 Å². The summed E-state index contributed by atoms with van der Waals surface area (Å²) in [6, 6.07) is 2.33. The van der Waals surface area contributed by atoms with Crippen molar-refractivity contribution in [1.82, 2.24) is 24.9 Å². The number of β-amino-alcohol motifs (C(OH)–C–C–N with tert-alkyl or cyclic N) is 1. The smallest absolute Gasteiger partial charge is 0.123 e. The maximum atomic E-state index is 11.0. The van der Waals surface area contributed by atoms with Gasteiger partial charge in [-0.15, -0.1) is 5.10 Å². The van der Waals surface area contributed by atoms with Crippen LogP contribution in [-0.4, -0.2) is 43.1 Å². The first-order valence-electron chi connectivity index (χ1n) is 7.55. The highest BCUT2D eigenvalue weighted by Crippen LogP contribution is 2.31. The standard InChI is InChI=1S/C15H23N5O/c1-12(2)20-10-14(17-18-20)15(21)5-3-7-19(11-15)9-13-4-6-16-8-13/h4,6,8,10,12,16,21H,3,5,7,9,11H2,1-2H3/t15-/m0/s1. The Morgan fingerprint density at radius 2 is 2.33 bits per heavy atom. The van der Waals surface area contributed by atoms with Gasteiger partial charge in [-0.25, -0.2) is 4.68 Å². The number of likely N-dealkylation sites (tertiary alicyclic amines) is 1. The van der Waals surface area contributed by atoms with Gasteiger partial charge in [-0.1, -0.05) is 5.21 Å². The molecule has 2 aromatic heterocycles. The highest BCUT2D eigenvalue weighted by Gasteiger charge is 2.37. The summed E-state index contributed by atoms with van der Waals surface area (Å²) in [7, 11) is 0. The maximum absolute atomic E-state index is 11.0. The Bertz CT molecular complexity index is 577. The molecule has 0 bridgehead atoms. The Hall–Kier alpha value is -1.66. The minimum Gasteiger partial charge on any atom is -0.382 e. The molecule has 2 aromatic rings. The van der Waals surface area contributed by atoms with Gasteiger partial charge in [-0.3, -0.25) is 4.90 Å². The van der Waals surface area contributed by atoms with E-state index >= 15 is 0 Å². The lowest BCUT2D eigenvalue weighted by Gasteiger charge is -2.37. The Balaban J connectivity index is 1.73. The van der Waals surface area contributed by atoms with Gasteiger partial charge in [-0.2, -0.15) is 0 Å². The zero-order chi connectivity index (χ0) is 14.9. The van der Waals surface area contributed by atoms with Crippen LogP contribution in [0.4, 0.5) is 0 Å². The van der Waals surface area contributed by atoms with E-state index in [4.69, 9.17) is 0 Å². The number of aromatic nitrogens is 4. The lowest BCUT2D eigenvalue weighted by Crippen LogP contribution is -2.45. The normalized spacial score (nSPS) is 23.8. The van der Waals surface area contributed by atoms with E-state index in [9.17, 15) is 5.11 Å². The lowest BCUT2D eigenvalue weighted by atomic mass is 9.90. The maximum Gasteiger partial charge on any atom is 0.123 e. The van der Waals surface area contributed by atoms with Crippen molar-refractivity contribution in [1.29, 1.82) is 0 Å². The van der Waals surface area contributed by atoms with Crippen LogP contribution in [0.2, 0.25) is 0 Å². The summed E-state index contributed by atoms with van der Waals surface area (Å²) in [5, 5.41) is 19.3. The van der Waals surface area contributed by atoms with Crippen LogP contribution in [0.3, 0.4) is 0 Å². The average Bonchev–Trinajstić information content (AvgIpc) is 3.09. The molecule has 0 spiro atoms. The number of aromatic amines is 1. The molecule has 6 heteroatoms. The fourth-order valence-electron chi connectivity index (χ4n) is 2.92. The summed E-state index contributed by atoms with van der Waals surface area (Å²) >= 11 is 0. The van der Waals surface area contributed by atoms with E-state index in [0.717, 1.165) is 25.9 Å². The molecule has 0 aliphatic carbocycles. The van der Waals surface area contributed by atoms with Crippen LogP contribution >= 0.6 is 0 Å². The number of hydrogen-bond acceptors (Lipinski definition) is 4. The number of H-pyrrole nitrogens is 1. The van der Waals surface area contributed by atoms with E-state index in [1.54, 1.807) is 4.68 Å². The van der Waals surface area contributed by atoms with Gasteiger partial charge in [0.05, 0.1) is 6.20 Å². The third-order valence-corrected chi connectivity index (χ3v) is 4.13. The molecule has 0 radical (unpaired) electrons. The van der Waals surface area contributed by atoms with Crippen LogP contribution < -0.4 is 0 Å². The van der Waals surface area contributed by atoms with Gasteiger partial charge in [0.25, 0.3) is 0 Å². The second-order valence-electron chi connectivity index (χ2n) is 6.24. The first-order valence-corrected chi connectivity index (χ1v) is 7.55. The molecule has 2 N–H and O–H groups in total.